The quantitative estimate of drug-likeness (QED) is 0.257. The molecule has 2 aromatic carbocycles. The van der Waals surface area contributed by atoms with Crippen molar-refractivity contribution in [1.82, 2.24) is 0 Å². The van der Waals surface area contributed by atoms with E-state index in [0.717, 1.165) is 24.3 Å². The second-order valence-corrected chi connectivity index (χ2v) is 5.30. The summed E-state index contributed by atoms with van der Waals surface area (Å²) in [7, 11) is 0. The molecule has 0 heterocycles. The van der Waals surface area contributed by atoms with Gasteiger partial charge in [0.1, 0.15) is 11.8 Å². The molecule has 0 saturated carbocycles. The molecule has 0 spiro atoms. The second kappa shape index (κ2) is 8.27. The summed E-state index contributed by atoms with van der Waals surface area (Å²) < 4.78 is 37.8. The zero-order valence-corrected chi connectivity index (χ0v) is 14.2. The third-order valence-corrected chi connectivity index (χ3v) is 3.45. The number of aliphatic imine (C=N–C) groups is 1. The highest BCUT2D eigenvalue weighted by Gasteiger charge is 2.30. The number of rotatable bonds is 4. The van der Waals surface area contributed by atoms with Crippen LogP contribution in [0.1, 0.15) is 11.1 Å². The van der Waals surface area contributed by atoms with Crippen LogP contribution in [0.25, 0.3) is 5.76 Å². The van der Waals surface area contributed by atoms with E-state index in [1.807, 2.05) is 0 Å². The first kappa shape index (κ1) is 19.8. The molecule has 0 radical (unpaired) electrons. The van der Waals surface area contributed by atoms with Gasteiger partial charge in [0, 0.05) is 11.3 Å². The molecule has 136 valence electrons. The van der Waals surface area contributed by atoms with Crippen LogP contribution in [0.15, 0.2) is 59.1 Å². The summed E-state index contributed by atoms with van der Waals surface area (Å²) in [6.45, 7) is 0. The molecule has 1 amide bonds. The van der Waals surface area contributed by atoms with Crippen LogP contribution in [0.3, 0.4) is 0 Å². The number of aliphatic hydroxyl groups is 1. The molecule has 0 bridgehead atoms. The molecule has 2 aromatic rings. The minimum absolute atomic E-state index is 0.0969. The zero-order valence-electron chi connectivity index (χ0n) is 13.4. The molecule has 5 nitrogen and oxygen atoms in total. The van der Waals surface area contributed by atoms with Gasteiger partial charge in [-0.05, 0) is 48.6 Å². The van der Waals surface area contributed by atoms with Crippen molar-refractivity contribution in [3.05, 3.63) is 65.2 Å². The fraction of sp³-hybridized carbons (Fsp3) is 0.0556. The molecule has 0 fully saturated rings. The van der Waals surface area contributed by atoms with Crippen LogP contribution in [0, 0.1) is 11.3 Å². The standard InChI is InChI=1S/C18H10F3N3O2S/c19-18(20,21)12-3-1-11(2-4-12)16(25)15(9-22)17(26)24-14-7-5-13(6-8-14)23-10-27/h1-8,25H,(H,24,26)/b16-15-. The van der Waals surface area contributed by atoms with Crippen molar-refractivity contribution in [2.24, 2.45) is 4.99 Å². The van der Waals surface area contributed by atoms with Gasteiger partial charge >= 0.3 is 6.18 Å². The van der Waals surface area contributed by atoms with E-state index in [0.29, 0.717) is 11.4 Å². The molecule has 0 saturated heterocycles. The number of hydrogen-bond donors (Lipinski definition) is 2. The molecular formula is C18H10F3N3O2S. The number of isothiocyanates is 1. The summed E-state index contributed by atoms with van der Waals surface area (Å²) in [5, 5.41) is 23.9. The van der Waals surface area contributed by atoms with E-state index in [4.69, 9.17) is 5.26 Å². The number of carbonyl (C=O) groups excluding carboxylic acids is 1. The predicted molar refractivity (Wildman–Crippen MR) is 96.4 cm³/mol. The van der Waals surface area contributed by atoms with Crippen LogP contribution in [0.2, 0.25) is 0 Å². The third kappa shape index (κ3) is 5.01. The summed E-state index contributed by atoms with van der Waals surface area (Å²) in [6, 6.07) is 11.1. The van der Waals surface area contributed by atoms with E-state index in [-0.39, 0.29) is 5.56 Å². The van der Waals surface area contributed by atoms with E-state index >= 15 is 0 Å². The lowest BCUT2D eigenvalue weighted by atomic mass is 10.1. The number of carbonyl (C=O) groups is 1. The van der Waals surface area contributed by atoms with Gasteiger partial charge in [-0.1, -0.05) is 12.1 Å². The average molecular weight is 389 g/mol. The van der Waals surface area contributed by atoms with Crippen molar-refractivity contribution in [1.29, 1.82) is 5.26 Å². The van der Waals surface area contributed by atoms with E-state index in [1.165, 1.54) is 12.1 Å². The van der Waals surface area contributed by atoms with Crippen LogP contribution in [0.4, 0.5) is 24.5 Å². The monoisotopic (exact) mass is 389 g/mol. The minimum atomic E-state index is -4.54. The Kier molecular flexibility index (Phi) is 6.08. The Morgan fingerprint density at radius 2 is 1.70 bits per heavy atom. The van der Waals surface area contributed by atoms with Crippen molar-refractivity contribution in [3.63, 3.8) is 0 Å². The lowest BCUT2D eigenvalue weighted by molar-refractivity contribution is -0.137. The van der Waals surface area contributed by atoms with Gasteiger partial charge in [-0.2, -0.15) is 23.4 Å². The van der Waals surface area contributed by atoms with Gasteiger partial charge in [-0.15, -0.1) is 0 Å². The number of amides is 1. The maximum Gasteiger partial charge on any atom is 0.416 e. The summed E-state index contributed by atoms with van der Waals surface area (Å²) in [5.41, 5.74) is -0.833. The molecule has 9 heteroatoms. The number of benzene rings is 2. The lowest BCUT2D eigenvalue weighted by Crippen LogP contribution is -2.15. The second-order valence-electron chi connectivity index (χ2n) is 5.11. The van der Waals surface area contributed by atoms with E-state index in [9.17, 15) is 23.1 Å². The molecule has 0 unspecified atom stereocenters. The van der Waals surface area contributed by atoms with E-state index in [2.05, 4.69) is 27.7 Å². The van der Waals surface area contributed by atoms with Gasteiger partial charge in [0.25, 0.3) is 5.91 Å². The Bertz CT molecular complexity index is 969. The normalized spacial score (nSPS) is 11.6. The SMILES string of the molecule is N#C/C(C(=O)Nc1ccc(N=C=S)cc1)=C(/O)c1ccc(C(F)(F)F)cc1. The van der Waals surface area contributed by atoms with Crippen molar-refractivity contribution in [2.45, 2.75) is 6.18 Å². The van der Waals surface area contributed by atoms with Gasteiger partial charge in [0.05, 0.1) is 16.4 Å². The Balaban J connectivity index is 2.26. The molecule has 27 heavy (non-hydrogen) atoms. The number of hydrogen-bond acceptors (Lipinski definition) is 5. The first-order chi connectivity index (χ1) is 12.8. The highest BCUT2D eigenvalue weighted by atomic mass is 32.1. The molecule has 0 atom stereocenters. The maximum atomic E-state index is 12.6. The summed E-state index contributed by atoms with van der Waals surface area (Å²) in [4.78, 5) is 16.0. The average Bonchev–Trinajstić information content (AvgIpc) is 2.63. The number of nitriles is 1. The number of thiocarbonyl (C=S) groups is 1. The first-order valence-corrected chi connectivity index (χ1v) is 7.67. The summed E-state index contributed by atoms with van der Waals surface area (Å²) >= 11 is 4.47. The Hall–Kier alpha value is -3.47. The van der Waals surface area contributed by atoms with Gasteiger partial charge < -0.3 is 10.4 Å². The highest BCUT2D eigenvalue weighted by Crippen LogP contribution is 2.30. The fourth-order valence-electron chi connectivity index (χ4n) is 2.04. The first-order valence-electron chi connectivity index (χ1n) is 7.26. The van der Waals surface area contributed by atoms with Crippen LogP contribution in [0.5, 0.6) is 0 Å². The summed E-state index contributed by atoms with van der Waals surface area (Å²) in [6.07, 6.45) is -4.54. The van der Waals surface area contributed by atoms with Crippen LogP contribution in [-0.2, 0) is 11.0 Å². The Morgan fingerprint density at radius 1 is 1.11 bits per heavy atom. The van der Waals surface area contributed by atoms with Gasteiger partial charge in [0.2, 0.25) is 0 Å². The van der Waals surface area contributed by atoms with E-state index < -0.39 is 29.0 Å². The van der Waals surface area contributed by atoms with Crippen molar-refractivity contribution >= 4 is 40.4 Å². The highest BCUT2D eigenvalue weighted by molar-refractivity contribution is 7.78. The number of nitrogens with zero attached hydrogens (tertiary/aromatic N) is 2. The molecular weight excluding hydrogens is 379 g/mol. The van der Waals surface area contributed by atoms with Crippen molar-refractivity contribution < 1.29 is 23.1 Å². The number of halogens is 3. The van der Waals surface area contributed by atoms with Crippen LogP contribution >= 0.6 is 12.2 Å². The summed E-state index contributed by atoms with van der Waals surface area (Å²) in [5.74, 6) is -1.65. The molecule has 2 N–H and O–H groups in total. The van der Waals surface area contributed by atoms with Crippen LogP contribution in [-0.4, -0.2) is 16.2 Å². The number of alkyl halides is 3. The molecule has 0 aromatic heterocycles. The molecule has 2 rings (SSSR count). The Morgan fingerprint density at radius 3 is 2.19 bits per heavy atom. The van der Waals surface area contributed by atoms with Crippen molar-refractivity contribution in [2.75, 3.05) is 5.32 Å². The number of aliphatic hydroxyl groups excluding tert-OH is 1. The topological polar surface area (TPSA) is 85.5 Å². The van der Waals surface area contributed by atoms with Gasteiger partial charge in [0.15, 0.2) is 5.57 Å². The van der Waals surface area contributed by atoms with Crippen LogP contribution < -0.4 is 5.32 Å². The smallest absolute Gasteiger partial charge is 0.416 e. The fourth-order valence-corrected chi connectivity index (χ4v) is 2.14. The molecule has 0 aliphatic heterocycles. The number of anilines is 1. The largest absolute Gasteiger partial charge is 0.506 e. The zero-order chi connectivity index (χ0) is 20.0. The maximum absolute atomic E-state index is 12.6. The van der Waals surface area contributed by atoms with Gasteiger partial charge in [-0.25, -0.2) is 0 Å². The third-order valence-electron chi connectivity index (χ3n) is 3.36. The number of nitrogens with one attached hydrogen (secondary N) is 1. The molecule has 0 aliphatic rings. The van der Waals surface area contributed by atoms with E-state index in [1.54, 1.807) is 18.2 Å². The van der Waals surface area contributed by atoms with Crippen molar-refractivity contribution in [3.8, 4) is 6.07 Å². The predicted octanol–water partition coefficient (Wildman–Crippen LogP) is 4.87. The van der Waals surface area contributed by atoms with Gasteiger partial charge in [-0.3, -0.25) is 4.79 Å². The minimum Gasteiger partial charge on any atom is -0.506 e. The Labute approximate surface area is 157 Å². The molecule has 0 aliphatic carbocycles. The lowest BCUT2D eigenvalue weighted by Gasteiger charge is -2.09.